The second-order valence-electron chi connectivity index (χ2n) is 6.53. The van der Waals surface area contributed by atoms with Gasteiger partial charge in [-0.3, -0.25) is 4.79 Å². The minimum atomic E-state index is -1.16. The van der Waals surface area contributed by atoms with Crippen molar-refractivity contribution in [1.29, 1.82) is 0 Å². The molecule has 0 saturated heterocycles. The number of methoxy groups -OCH3 is 1. The lowest BCUT2D eigenvalue weighted by Crippen LogP contribution is -2.41. The predicted molar refractivity (Wildman–Crippen MR) is 90.8 cm³/mol. The fourth-order valence-corrected chi connectivity index (χ4v) is 3.11. The van der Waals surface area contributed by atoms with Crippen molar-refractivity contribution in [3.05, 3.63) is 58.8 Å². The summed E-state index contributed by atoms with van der Waals surface area (Å²) in [7, 11) is 1.50. The lowest BCUT2D eigenvalue weighted by atomic mass is 9.75. The number of rotatable bonds is 5. The van der Waals surface area contributed by atoms with Gasteiger partial charge in [0.2, 0.25) is 5.88 Å². The molecule has 1 heterocycles. The number of benzene rings is 1. The fourth-order valence-electron chi connectivity index (χ4n) is 3.11. The number of ether oxygens (including phenoxy) is 1. The molecule has 1 aromatic heterocycles. The molecule has 1 aromatic carbocycles. The van der Waals surface area contributed by atoms with Crippen LogP contribution in [0.2, 0.25) is 0 Å². The van der Waals surface area contributed by atoms with E-state index in [1.54, 1.807) is 18.3 Å². The lowest BCUT2D eigenvalue weighted by molar-refractivity contribution is 0.0234. The van der Waals surface area contributed by atoms with Crippen molar-refractivity contribution < 1.29 is 23.4 Å². The molecule has 1 aliphatic carbocycles. The second-order valence-corrected chi connectivity index (χ2v) is 6.53. The molecule has 138 valence electrons. The second kappa shape index (κ2) is 7.37. The van der Waals surface area contributed by atoms with Crippen LogP contribution in [-0.2, 0) is 0 Å². The molecule has 2 N–H and O–H groups in total. The molecule has 26 heavy (non-hydrogen) atoms. The summed E-state index contributed by atoms with van der Waals surface area (Å²) in [5.74, 6) is -2.48. The van der Waals surface area contributed by atoms with Crippen molar-refractivity contribution in [2.75, 3.05) is 7.11 Å². The Bertz CT molecular complexity index is 805. The van der Waals surface area contributed by atoms with Crippen LogP contribution in [0, 0.1) is 24.5 Å². The average molecular weight is 362 g/mol. The fraction of sp³-hybridized carbons (Fsp3) is 0.368. The molecule has 0 aliphatic heterocycles. The van der Waals surface area contributed by atoms with Crippen LogP contribution in [0.5, 0.6) is 5.88 Å². The first kappa shape index (κ1) is 18.3. The van der Waals surface area contributed by atoms with Gasteiger partial charge in [-0.15, -0.1) is 0 Å². The molecular formula is C19H20F2N2O3. The van der Waals surface area contributed by atoms with Crippen molar-refractivity contribution in [3.8, 4) is 5.88 Å². The number of hydrogen-bond acceptors (Lipinski definition) is 4. The van der Waals surface area contributed by atoms with Gasteiger partial charge in [-0.05, 0) is 42.9 Å². The largest absolute Gasteiger partial charge is 0.481 e. The minimum absolute atomic E-state index is 0.0116. The third-order valence-electron chi connectivity index (χ3n) is 4.76. The molecule has 7 heteroatoms. The molecule has 1 saturated carbocycles. The van der Waals surface area contributed by atoms with E-state index >= 15 is 0 Å². The summed E-state index contributed by atoms with van der Waals surface area (Å²) in [5, 5.41) is 12.4. The van der Waals surface area contributed by atoms with Crippen LogP contribution in [0.3, 0.4) is 0 Å². The number of aliphatic hydroxyl groups is 1. The number of hydrogen-bond donors (Lipinski definition) is 2. The number of carbonyl (C=O) groups is 1. The van der Waals surface area contributed by atoms with E-state index in [4.69, 9.17) is 4.74 Å². The van der Waals surface area contributed by atoms with Crippen molar-refractivity contribution in [2.45, 2.75) is 31.9 Å². The number of carbonyl (C=O) groups excluding carboxylic acids is 1. The zero-order valence-corrected chi connectivity index (χ0v) is 14.5. The maximum atomic E-state index is 14.1. The van der Waals surface area contributed by atoms with E-state index in [0.717, 1.165) is 0 Å². The summed E-state index contributed by atoms with van der Waals surface area (Å²) < 4.78 is 32.9. The van der Waals surface area contributed by atoms with Crippen LogP contribution in [0.1, 0.15) is 40.4 Å². The van der Waals surface area contributed by atoms with Gasteiger partial charge in [0.25, 0.3) is 5.91 Å². The Morgan fingerprint density at radius 3 is 2.58 bits per heavy atom. The minimum Gasteiger partial charge on any atom is -0.481 e. The quantitative estimate of drug-likeness (QED) is 0.858. The molecule has 0 radical (unpaired) electrons. The van der Waals surface area contributed by atoms with E-state index in [1.807, 2.05) is 0 Å². The molecule has 1 aliphatic rings. The highest BCUT2D eigenvalue weighted by atomic mass is 19.2. The highest BCUT2D eigenvalue weighted by molar-refractivity contribution is 5.94. The van der Waals surface area contributed by atoms with E-state index in [1.165, 1.54) is 26.2 Å². The number of nitrogens with one attached hydrogen (secondary N) is 1. The van der Waals surface area contributed by atoms with Gasteiger partial charge in [0.15, 0.2) is 11.6 Å². The van der Waals surface area contributed by atoms with Gasteiger partial charge in [0.1, 0.15) is 0 Å². The Labute approximate surface area is 150 Å². The van der Waals surface area contributed by atoms with Crippen molar-refractivity contribution in [2.24, 2.45) is 5.92 Å². The van der Waals surface area contributed by atoms with Crippen LogP contribution in [0.4, 0.5) is 8.78 Å². The Balaban J connectivity index is 1.85. The number of aliphatic hydroxyl groups excluding tert-OH is 1. The number of amides is 1. The van der Waals surface area contributed by atoms with Crippen molar-refractivity contribution in [3.63, 3.8) is 0 Å². The molecule has 1 atom stereocenters. The maximum Gasteiger partial charge on any atom is 0.254 e. The topological polar surface area (TPSA) is 71.5 Å². The third-order valence-corrected chi connectivity index (χ3v) is 4.76. The molecule has 3 rings (SSSR count). The molecule has 5 nitrogen and oxygen atoms in total. The van der Waals surface area contributed by atoms with Gasteiger partial charge in [0.05, 0.1) is 24.8 Å². The van der Waals surface area contributed by atoms with Crippen LogP contribution in [-0.4, -0.2) is 29.2 Å². The summed E-state index contributed by atoms with van der Waals surface area (Å²) in [6, 6.07) is 5.59. The number of aryl methyl sites for hydroxylation is 1. The van der Waals surface area contributed by atoms with Gasteiger partial charge >= 0.3 is 0 Å². The van der Waals surface area contributed by atoms with Gasteiger partial charge in [0, 0.05) is 12.3 Å². The first-order valence-corrected chi connectivity index (χ1v) is 8.34. The van der Waals surface area contributed by atoms with E-state index in [-0.39, 0.29) is 17.0 Å². The zero-order valence-electron chi connectivity index (χ0n) is 14.5. The highest BCUT2D eigenvalue weighted by Crippen LogP contribution is 2.38. The smallest absolute Gasteiger partial charge is 0.254 e. The molecule has 1 amide bonds. The van der Waals surface area contributed by atoms with E-state index < -0.39 is 29.7 Å². The molecule has 0 bridgehead atoms. The number of pyridine rings is 1. The highest BCUT2D eigenvalue weighted by Gasteiger charge is 2.36. The molecule has 2 aromatic rings. The van der Waals surface area contributed by atoms with Gasteiger partial charge in [-0.25, -0.2) is 13.8 Å². The Morgan fingerprint density at radius 1 is 1.27 bits per heavy atom. The van der Waals surface area contributed by atoms with Gasteiger partial charge in [-0.1, -0.05) is 12.1 Å². The SMILES string of the molecule is COc1ccc(C(NC(=O)c2ccc(C)c(F)c2F)C2CC(O)C2)cn1. The maximum absolute atomic E-state index is 14.1. The number of aromatic nitrogens is 1. The first-order valence-electron chi connectivity index (χ1n) is 8.34. The Kier molecular flexibility index (Phi) is 5.18. The Hall–Kier alpha value is -2.54. The summed E-state index contributed by atoms with van der Waals surface area (Å²) in [5.41, 5.74) is 0.501. The average Bonchev–Trinajstić information content (AvgIpc) is 2.62. The molecule has 0 spiro atoms. The van der Waals surface area contributed by atoms with Gasteiger partial charge in [-0.2, -0.15) is 0 Å². The standard InChI is InChI=1S/C19H20F2N2O3/c1-10-3-5-14(17(21)16(10)20)19(25)23-18(12-7-13(24)8-12)11-4-6-15(26-2)22-9-11/h3-6,9,12-13,18,24H,7-8H2,1-2H3,(H,23,25). The normalized spacial score (nSPS) is 20.2. The van der Waals surface area contributed by atoms with Crippen LogP contribution < -0.4 is 10.1 Å². The van der Waals surface area contributed by atoms with Crippen molar-refractivity contribution >= 4 is 5.91 Å². The summed E-state index contributed by atoms with van der Waals surface area (Å²) in [6.45, 7) is 1.43. The van der Waals surface area contributed by atoms with Crippen LogP contribution >= 0.6 is 0 Å². The summed E-state index contributed by atoms with van der Waals surface area (Å²) in [6.07, 6.45) is 2.18. The number of halogens is 2. The summed E-state index contributed by atoms with van der Waals surface area (Å²) >= 11 is 0. The number of nitrogens with zero attached hydrogens (tertiary/aromatic N) is 1. The molecular weight excluding hydrogens is 342 g/mol. The van der Waals surface area contributed by atoms with Crippen LogP contribution in [0.25, 0.3) is 0 Å². The van der Waals surface area contributed by atoms with E-state index in [2.05, 4.69) is 10.3 Å². The van der Waals surface area contributed by atoms with Crippen molar-refractivity contribution in [1.82, 2.24) is 10.3 Å². The van der Waals surface area contributed by atoms with E-state index in [9.17, 15) is 18.7 Å². The Morgan fingerprint density at radius 2 is 2.00 bits per heavy atom. The monoisotopic (exact) mass is 362 g/mol. The van der Waals surface area contributed by atoms with Gasteiger partial charge < -0.3 is 15.2 Å². The third kappa shape index (κ3) is 3.53. The zero-order chi connectivity index (χ0) is 18.8. The van der Waals surface area contributed by atoms with E-state index in [0.29, 0.717) is 24.3 Å². The summed E-state index contributed by atoms with van der Waals surface area (Å²) in [4.78, 5) is 16.7. The van der Waals surface area contributed by atoms with Crippen LogP contribution in [0.15, 0.2) is 30.5 Å². The predicted octanol–water partition coefficient (Wildman–Crippen LogP) is 2.92. The molecule has 1 unspecified atom stereocenters. The first-order chi connectivity index (χ1) is 12.4. The molecule has 1 fully saturated rings. The lowest BCUT2D eigenvalue weighted by Gasteiger charge is -2.38.